The molecular weight excluding hydrogens is 228 g/mol. The Morgan fingerprint density at radius 3 is 1.75 bits per heavy atom. The van der Waals surface area contributed by atoms with Crippen LogP contribution in [-0.4, -0.2) is 39.7 Å². The number of para-hydroxylation sites is 2. The molecule has 0 spiro atoms. The van der Waals surface area contributed by atoms with Crippen LogP contribution in [0, 0.1) is 0 Å². The molecule has 3 amide bonds. The number of urea groups is 1. The fourth-order valence-electron chi connectivity index (χ4n) is 0.840. The van der Waals surface area contributed by atoms with Gasteiger partial charge in [-0.2, -0.15) is 0 Å². The highest BCUT2D eigenvalue weighted by molar-refractivity contribution is 6.01. The highest BCUT2D eigenvalue weighted by Crippen LogP contribution is 2.21. The Labute approximate surface area is 96.3 Å². The van der Waals surface area contributed by atoms with E-state index < -0.39 is 6.03 Å². The predicted octanol–water partition coefficient (Wildman–Crippen LogP) is -0.457. The lowest BCUT2D eigenvalue weighted by Gasteiger charge is -1.91. The molecule has 6 nitrogen and oxygen atoms in total. The molecule has 0 aliphatic carbocycles. The van der Waals surface area contributed by atoms with Gasteiger partial charge in [-0.1, -0.05) is 12.1 Å². The van der Waals surface area contributed by atoms with Gasteiger partial charge < -0.3 is 15.5 Å². The van der Waals surface area contributed by atoms with Gasteiger partial charge in [0.2, 0.25) is 5.91 Å². The summed E-state index contributed by atoms with van der Waals surface area (Å²) in [5.74, 6) is -0.412. The third-order valence-corrected chi connectivity index (χ3v) is 1.54. The van der Waals surface area contributed by atoms with E-state index in [1.807, 2.05) is 5.32 Å². The summed E-state index contributed by atoms with van der Waals surface area (Å²) in [4.78, 5) is 20.1. The third kappa shape index (κ3) is 4.47. The van der Waals surface area contributed by atoms with Crippen molar-refractivity contribution in [2.45, 2.75) is 0 Å². The van der Waals surface area contributed by atoms with Crippen molar-refractivity contribution in [2.75, 3.05) is 6.54 Å². The largest absolute Gasteiger partial charge is 0.504 e. The molecule has 84 valence electrons. The van der Waals surface area contributed by atoms with Crippen molar-refractivity contribution in [2.24, 2.45) is 0 Å². The number of carbonyl (C=O) groups excluding carboxylic acids is 2. The second-order valence-electron chi connectivity index (χ2n) is 2.72. The number of benzene rings is 1. The highest BCUT2D eigenvalue weighted by atomic mass is 28.1. The first-order chi connectivity index (χ1) is 7.09. The third-order valence-electron chi connectivity index (χ3n) is 1.54. The molecule has 0 bridgehead atoms. The summed E-state index contributed by atoms with van der Waals surface area (Å²) < 4.78 is 0. The summed E-state index contributed by atoms with van der Waals surface area (Å²) in [5.41, 5.74) is 0. The van der Waals surface area contributed by atoms with E-state index in [4.69, 9.17) is 10.2 Å². The van der Waals surface area contributed by atoms with E-state index in [1.165, 1.54) is 12.1 Å². The van der Waals surface area contributed by atoms with Crippen molar-refractivity contribution in [3.63, 3.8) is 0 Å². The molecule has 1 aromatic carbocycles. The van der Waals surface area contributed by atoms with Gasteiger partial charge in [0.1, 0.15) is 0 Å². The highest BCUT2D eigenvalue weighted by Gasteiger charge is 2.14. The van der Waals surface area contributed by atoms with Crippen LogP contribution >= 0.6 is 0 Å². The molecule has 4 N–H and O–H groups in total. The summed E-state index contributed by atoms with van der Waals surface area (Å²) in [5, 5.41) is 21.6. The van der Waals surface area contributed by atoms with Crippen molar-refractivity contribution in [3.05, 3.63) is 24.3 Å². The van der Waals surface area contributed by atoms with Gasteiger partial charge in [0, 0.05) is 11.0 Å². The first-order valence-electron chi connectivity index (χ1n) is 4.14. The molecule has 1 saturated heterocycles. The van der Waals surface area contributed by atoms with E-state index in [0.717, 1.165) is 0 Å². The molecule has 16 heavy (non-hydrogen) atoms. The first kappa shape index (κ1) is 14.0. The fraction of sp³-hybridized carbons (Fsp3) is 0.111. The Morgan fingerprint density at radius 1 is 1.06 bits per heavy atom. The zero-order valence-electron chi connectivity index (χ0n) is 8.23. The predicted molar refractivity (Wildman–Crippen MR) is 57.1 cm³/mol. The lowest BCUT2D eigenvalue weighted by molar-refractivity contribution is -0.117. The summed E-state index contributed by atoms with van der Waals surface area (Å²) in [6.07, 6.45) is 0. The van der Waals surface area contributed by atoms with Crippen LogP contribution < -0.4 is 10.6 Å². The lowest BCUT2D eigenvalue weighted by Crippen LogP contribution is -2.22. The lowest BCUT2D eigenvalue weighted by atomic mass is 10.3. The van der Waals surface area contributed by atoms with Crippen LogP contribution in [0.5, 0.6) is 11.5 Å². The Balaban J connectivity index is 0.000000267. The van der Waals surface area contributed by atoms with Crippen LogP contribution in [0.3, 0.4) is 0 Å². The average Bonchev–Trinajstić information content (AvgIpc) is 2.56. The Morgan fingerprint density at radius 2 is 1.56 bits per heavy atom. The summed E-state index contributed by atoms with van der Waals surface area (Å²) >= 11 is 0. The first-order valence-corrected chi connectivity index (χ1v) is 4.14. The number of imide groups is 1. The van der Waals surface area contributed by atoms with Crippen LogP contribution in [0.4, 0.5) is 4.79 Å². The number of aromatic hydroxyl groups is 2. The average molecular weight is 238 g/mol. The minimum absolute atomic E-state index is 0. The number of carbonyl (C=O) groups is 2. The van der Waals surface area contributed by atoms with Gasteiger partial charge >= 0.3 is 6.03 Å². The molecule has 4 radical (unpaired) electrons. The normalized spacial score (nSPS) is 12.8. The maximum atomic E-state index is 10.1. The van der Waals surface area contributed by atoms with Gasteiger partial charge in [-0.25, -0.2) is 4.79 Å². The topological polar surface area (TPSA) is 98.7 Å². The van der Waals surface area contributed by atoms with Crippen LogP contribution in [0.1, 0.15) is 0 Å². The summed E-state index contributed by atoms with van der Waals surface area (Å²) in [6, 6.07) is 5.75. The van der Waals surface area contributed by atoms with Gasteiger partial charge in [0.05, 0.1) is 6.54 Å². The van der Waals surface area contributed by atoms with Crippen molar-refractivity contribution < 1.29 is 19.8 Å². The molecule has 1 aliphatic rings. The molecule has 1 heterocycles. The Kier molecular flexibility index (Phi) is 5.64. The maximum Gasteiger partial charge on any atom is 0.321 e. The van der Waals surface area contributed by atoms with Crippen LogP contribution in [0.2, 0.25) is 0 Å². The molecule has 1 fully saturated rings. The zero-order chi connectivity index (χ0) is 11.3. The van der Waals surface area contributed by atoms with E-state index in [-0.39, 0.29) is 34.9 Å². The Bertz CT molecular complexity index is 349. The number of rotatable bonds is 0. The van der Waals surface area contributed by atoms with Gasteiger partial charge in [-0.15, -0.1) is 0 Å². The number of nitrogens with one attached hydrogen (secondary N) is 2. The second kappa shape index (κ2) is 6.46. The van der Waals surface area contributed by atoms with E-state index in [2.05, 4.69) is 5.32 Å². The van der Waals surface area contributed by atoms with E-state index in [0.29, 0.717) is 0 Å². The minimum atomic E-state index is -0.398. The second-order valence-corrected chi connectivity index (χ2v) is 2.72. The van der Waals surface area contributed by atoms with Crippen molar-refractivity contribution in [1.82, 2.24) is 10.6 Å². The van der Waals surface area contributed by atoms with Crippen LogP contribution in [-0.2, 0) is 4.79 Å². The molecular formula is C9H10N2O4Si. The number of amides is 3. The molecule has 2 rings (SSSR count). The summed E-state index contributed by atoms with van der Waals surface area (Å²) in [7, 11) is 0. The molecule has 1 aromatic rings. The molecule has 0 unspecified atom stereocenters. The monoisotopic (exact) mass is 238 g/mol. The van der Waals surface area contributed by atoms with Crippen molar-refractivity contribution in [1.29, 1.82) is 0 Å². The SMILES string of the molecule is O=C1CNC(=O)N1.Oc1ccccc1O.[Si]. The quantitative estimate of drug-likeness (QED) is 0.279. The van der Waals surface area contributed by atoms with Crippen LogP contribution in [0.15, 0.2) is 24.3 Å². The number of phenolic OH excluding ortho intramolecular Hbond substituents is 2. The summed E-state index contributed by atoms with van der Waals surface area (Å²) in [6.45, 7) is 0.124. The van der Waals surface area contributed by atoms with E-state index in [1.54, 1.807) is 12.1 Å². The Hall–Kier alpha value is -2.02. The van der Waals surface area contributed by atoms with Gasteiger partial charge in [-0.05, 0) is 12.1 Å². The van der Waals surface area contributed by atoms with E-state index in [9.17, 15) is 9.59 Å². The van der Waals surface area contributed by atoms with E-state index >= 15 is 0 Å². The zero-order valence-corrected chi connectivity index (χ0v) is 9.23. The van der Waals surface area contributed by atoms with Crippen LogP contribution in [0.25, 0.3) is 0 Å². The standard InChI is InChI=1S/C6H6O2.C3H4N2O2.Si/c7-5-3-1-2-4-6(5)8;6-2-1-4-3(7)5-2;/h1-4,7-8H;1H2,(H2,4,5,6,7);. The van der Waals surface area contributed by atoms with Crippen molar-refractivity contribution in [3.8, 4) is 11.5 Å². The number of hydrogen-bond acceptors (Lipinski definition) is 4. The van der Waals surface area contributed by atoms with Gasteiger partial charge in [-0.3, -0.25) is 10.1 Å². The fourth-order valence-corrected chi connectivity index (χ4v) is 0.840. The number of phenols is 2. The molecule has 0 atom stereocenters. The molecule has 0 saturated carbocycles. The maximum absolute atomic E-state index is 10.1. The number of hydrogen-bond donors (Lipinski definition) is 4. The van der Waals surface area contributed by atoms with Crippen molar-refractivity contribution >= 4 is 22.9 Å². The molecule has 7 heteroatoms. The molecule has 1 aliphatic heterocycles. The van der Waals surface area contributed by atoms with Gasteiger partial charge in [0.15, 0.2) is 11.5 Å². The van der Waals surface area contributed by atoms with Gasteiger partial charge in [0.25, 0.3) is 0 Å². The minimum Gasteiger partial charge on any atom is -0.504 e. The molecule has 0 aromatic heterocycles. The smallest absolute Gasteiger partial charge is 0.321 e.